The summed E-state index contributed by atoms with van der Waals surface area (Å²) in [5.41, 5.74) is 0.974. The number of esters is 3. The molecule has 1 fully saturated rings. The van der Waals surface area contributed by atoms with Crippen molar-refractivity contribution < 1.29 is 28.6 Å². The van der Waals surface area contributed by atoms with Crippen LogP contribution in [0.4, 0.5) is 0 Å². The molecule has 2 aliphatic rings. The minimum absolute atomic E-state index is 0.190. The van der Waals surface area contributed by atoms with E-state index in [0.29, 0.717) is 28.3 Å². The summed E-state index contributed by atoms with van der Waals surface area (Å²) >= 11 is 2.93. The van der Waals surface area contributed by atoms with Crippen LogP contribution >= 0.6 is 23.1 Å². The summed E-state index contributed by atoms with van der Waals surface area (Å²) in [6.45, 7) is 7.44. The molecule has 2 N–H and O–H groups in total. The molecule has 174 valence electrons. The summed E-state index contributed by atoms with van der Waals surface area (Å²) in [6.07, 6.45) is 0. The van der Waals surface area contributed by atoms with Crippen LogP contribution in [-0.2, 0) is 28.6 Å². The lowest BCUT2D eigenvalue weighted by molar-refractivity contribution is -0.146. The second-order valence-electron chi connectivity index (χ2n) is 7.54. The largest absolute Gasteiger partial charge is 0.468 e. The average molecular weight is 481 g/mol. The van der Waals surface area contributed by atoms with E-state index >= 15 is 0 Å². The summed E-state index contributed by atoms with van der Waals surface area (Å²) in [5.74, 6) is -1.56. The van der Waals surface area contributed by atoms with E-state index in [4.69, 9.17) is 14.2 Å². The standard InChI is InChI=1S/C22H28N2O6S2/c1-6-29-19(25)14-12(3)23-17(18-24-22(4,11-32-18)21(27)28-5)16(20(26)30-7-2)15(14)13-9-8-10-31-13/h8-10,15,18,23-24H,6-7,11H2,1-5H3/t15-,18+,22+/m1/s1. The van der Waals surface area contributed by atoms with Crippen LogP contribution in [0.15, 0.2) is 40.1 Å². The molecule has 0 aliphatic carbocycles. The highest BCUT2D eigenvalue weighted by atomic mass is 32.2. The second-order valence-corrected chi connectivity index (χ2v) is 9.61. The molecule has 0 radical (unpaired) electrons. The first-order valence-electron chi connectivity index (χ1n) is 10.3. The molecule has 0 spiro atoms. The van der Waals surface area contributed by atoms with Crippen molar-refractivity contribution in [1.82, 2.24) is 10.6 Å². The molecule has 3 heterocycles. The normalized spacial score (nSPS) is 25.4. The van der Waals surface area contributed by atoms with Crippen LogP contribution in [0.5, 0.6) is 0 Å². The topological polar surface area (TPSA) is 103 Å². The summed E-state index contributed by atoms with van der Waals surface area (Å²) in [7, 11) is 1.35. The maximum atomic E-state index is 13.2. The highest BCUT2D eigenvalue weighted by molar-refractivity contribution is 8.00. The van der Waals surface area contributed by atoms with Gasteiger partial charge in [-0.15, -0.1) is 23.1 Å². The Morgan fingerprint density at radius 1 is 1.16 bits per heavy atom. The summed E-state index contributed by atoms with van der Waals surface area (Å²) in [6, 6.07) is 3.76. The van der Waals surface area contributed by atoms with Gasteiger partial charge in [-0.3, -0.25) is 10.1 Å². The van der Waals surface area contributed by atoms with Crippen LogP contribution in [0.3, 0.4) is 0 Å². The predicted molar refractivity (Wildman–Crippen MR) is 123 cm³/mol. The van der Waals surface area contributed by atoms with Crippen LogP contribution < -0.4 is 10.6 Å². The fourth-order valence-corrected chi connectivity index (χ4v) is 6.08. The summed E-state index contributed by atoms with van der Waals surface area (Å²) in [5, 5.41) is 8.04. The van der Waals surface area contributed by atoms with Crippen LogP contribution in [0.2, 0.25) is 0 Å². The monoisotopic (exact) mass is 480 g/mol. The second kappa shape index (κ2) is 10.1. The number of carbonyl (C=O) groups is 3. The van der Waals surface area contributed by atoms with Gasteiger partial charge < -0.3 is 19.5 Å². The zero-order valence-electron chi connectivity index (χ0n) is 18.8. The lowest BCUT2D eigenvalue weighted by Gasteiger charge is -2.33. The Bertz CT molecular complexity index is 956. The van der Waals surface area contributed by atoms with Gasteiger partial charge in [0.1, 0.15) is 5.54 Å². The first-order valence-corrected chi connectivity index (χ1v) is 12.3. The number of dihydropyridines is 1. The van der Waals surface area contributed by atoms with Crippen LogP contribution in [0, 0.1) is 0 Å². The number of ether oxygens (including phenoxy) is 3. The van der Waals surface area contributed by atoms with Gasteiger partial charge in [0, 0.05) is 16.3 Å². The van der Waals surface area contributed by atoms with Crippen molar-refractivity contribution in [3.8, 4) is 0 Å². The van der Waals surface area contributed by atoms with Crippen molar-refractivity contribution in [3.63, 3.8) is 0 Å². The third kappa shape index (κ3) is 4.57. The fourth-order valence-electron chi connectivity index (χ4n) is 3.84. The Morgan fingerprint density at radius 2 is 1.81 bits per heavy atom. The molecule has 2 aliphatic heterocycles. The minimum atomic E-state index is -0.907. The smallest absolute Gasteiger partial charge is 0.336 e. The van der Waals surface area contributed by atoms with Crippen molar-refractivity contribution in [2.24, 2.45) is 0 Å². The molecular formula is C22H28N2O6S2. The molecule has 1 saturated heterocycles. The Kier molecular flexibility index (Phi) is 7.68. The number of thioether (sulfide) groups is 1. The summed E-state index contributed by atoms with van der Waals surface area (Å²) in [4.78, 5) is 39.3. The molecule has 0 unspecified atom stereocenters. The van der Waals surface area contributed by atoms with Gasteiger partial charge >= 0.3 is 17.9 Å². The Morgan fingerprint density at radius 3 is 2.38 bits per heavy atom. The van der Waals surface area contributed by atoms with Gasteiger partial charge in [0.05, 0.1) is 48.5 Å². The average Bonchev–Trinajstić information content (AvgIpc) is 3.43. The number of rotatable bonds is 7. The first kappa shape index (κ1) is 24.3. The number of allylic oxidation sites excluding steroid dienone is 1. The molecule has 8 nitrogen and oxygen atoms in total. The van der Waals surface area contributed by atoms with E-state index in [9.17, 15) is 14.4 Å². The molecule has 10 heteroatoms. The number of thiophene rings is 1. The molecule has 32 heavy (non-hydrogen) atoms. The SMILES string of the molecule is CCOC(=O)C1=C(C)NC([C@H]2N[C@](C)(C(=O)OC)CS2)=C(C(=O)OCC)[C@@H]1c1cccs1. The Labute approximate surface area is 195 Å². The molecule has 0 aromatic carbocycles. The van der Waals surface area contributed by atoms with Crippen molar-refractivity contribution in [1.29, 1.82) is 0 Å². The molecule has 0 amide bonds. The number of hydrogen-bond acceptors (Lipinski definition) is 10. The summed E-state index contributed by atoms with van der Waals surface area (Å²) < 4.78 is 15.7. The van der Waals surface area contributed by atoms with Crippen molar-refractivity contribution in [2.75, 3.05) is 26.1 Å². The Balaban J connectivity index is 2.14. The van der Waals surface area contributed by atoms with E-state index in [1.54, 1.807) is 27.7 Å². The zero-order chi connectivity index (χ0) is 23.5. The number of carbonyl (C=O) groups excluding carboxylic acids is 3. The highest BCUT2D eigenvalue weighted by Gasteiger charge is 2.47. The molecule has 0 saturated carbocycles. The maximum Gasteiger partial charge on any atom is 0.336 e. The van der Waals surface area contributed by atoms with E-state index in [-0.39, 0.29) is 19.2 Å². The van der Waals surface area contributed by atoms with Crippen molar-refractivity contribution in [2.45, 2.75) is 44.5 Å². The third-order valence-corrected chi connectivity index (χ3v) is 7.67. The number of nitrogens with one attached hydrogen (secondary N) is 2. The lowest BCUT2D eigenvalue weighted by atomic mass is 9.83. The van der Waals surface area contributed by atoms with E-state index in [2.05, 4.69) is 10.6 Å². The molecule has 0 bridgehead atoms. The minimum Gasteiger partial charge on any atom is -0.468 e. The van der Waals surface area contributed by atoms with Gasteiger partial charge in [-0.25, -0.2) is 9.59 Å². The fraction of sp³-hybridized carbons (Fsp3) is 0.500. The van der Waals surface area contributed by atoms with Gasteiger partial charge in [0.25, 0.3) is 0 Å². The van der Waals surface area contributed by atoms with Crippen molar-refractivity contribution in [3.05, 3.63) is 44.9 Å². The van der Waals surface area contributed by atoms with Gasteiger partial charge in [-0.05, 0) is 39.1 Å². The zero-order valence-corrected chi connectivity index (χ0v) is 20.4. The third-order valence-electron chi connectivity index (χ3n) is 5.30. The molecule has 3 rings (SSSR count). The van der Waals surface area contributed by atoms with Crippen LogP contribution in [-0.4, -0.2) is 54.9 Å². The van der Waals surface area contributed by atoms with E-state index in [0.717, 1.165) is 4.88 Å². The maximum absolute atomic E-state index is 13.2. The van der Waals surface area contributed by atoms with Crippen LogP contribution in [0.25, 0.3) is 0 Å². The molecular weight excluding hydrogens is 452 g/mol. The first-order chi connectivity index (χ1) is 15.3. The quantitative estimate of drug-likeness (QED) is 0.450. The molecule has 1 aromatic rings. The van der Waals surface area contributed by atoms with Gasteiger partial charge in [0.15, 0.2) is 0 Å². The van der Waals surface area contributed by atoms with E-state index in [1.807, 2.05) is 17.5 Å². The van der Waals surface area contributed by atoms with E-state index in [1.165, 1.54) is 30.2 Å². The molecule has 3 atom stereocenters. The highest BCUT2D eigenvalue weighted by Crippen LogP contribution is 2.44. The van der Waals surface area contributed by atoms with Crippen molar-refractivity contribution >= 4 is 41.0 Å². The molecule has 1 aromatic heterocycles. The van der Waals surface area contributed by atoms with Gasteiger partial charge in [-0.1, -0.05) is 6.07 Å². The van der Waals surface area contributed by atoms with Gasteiger partial charge in [0.2, 0.25) is 0 Å². The predicted octanol–water partition coefficient (Wildman–Crippen LogP) is 2.68. The number of methoxy groups -OCH3 is 1. The lowest BCUT2D eigenvalue weighted by Crippen LogP contribution is -2.51. The number of hydrogen-bond donors (Lipinski definition) is 2. The van der Waals surface area contributed by atoms with Crippen LogP contribution in [0.1, 0.15) is 38.5 Å². The Hall–Kier alpha value is -2.30. The van der Waals surface area contributed by atoms with Gasteiger partial charge in [-0.2, -0.15) is 0 Å². The van der Waals surface area contributed by atoms with E-state index < -0.39 is 28.8 Å².